The highest BCUT2D eigenvalue weighted by Crippen LogP contribution is 2.32. The van der Waals surface area contributed by atoms with Crippen molar-refractivity contribution in [3.63, 3.8) is 0 Å². The summed E-state index contributed by atoms with van der Waals surface area (Å²) < 4.78 is 18.4. The lowest BCUT2D eigenvalue weighted by Crippen LogP contribution is -1.90. The van der Waals surface area contributed by atoms with E-state index in [9.17, 15) is 14.5 Å². The Morgan fingerprint density at radius 3 is 2.68 bits per heavy atom. The molecule has 0 aliphatic carbocycles. The molecule has 2 aromatic rings. The SMILES string of the molecule is COc1cccc(Sc2cc(F)cc([N+](=O)[O-])c2)c1. The molecule has 0 heterocycles. The van der Waals surface area contributed by atoms with Crippen LogP contribution in [0.15, 0.2) is 52.3 Å². The van der Waals surface area contributed by atoms with Gasteiger partial charge in [-0.1, -0.05) is 17.8 Å². The molecule has 6 heteroatoms. The van der Waals surface area contributed by atoms with Crippen molar-refractivity contribution in [3.05, 3.63) is 58.4 Å². The van der Waals surface area contributed by atoms with Crippen LogP contribution in [-0.4, -0.2) is 12.0 Å². The fraction of sp³-hybridized carbons (Fsp3) is 0.0769. The van der Waals surface area contributed by atoms with Gasteiger partial charge in [0.05, 0.1) is 18.1 Å². The van der Waals surface area contributed by atoms with E-state index in [1.807, 2.05) is 6.07 Å². The number of halogens is 1. The van der Waals surface area contributed by atoms with Gasteiger partial charge >= 0.3 is 0 Å². The number of rotatable bonds is 4. The van der Waals surface area contributed by atoms with Gasteiger partial charge in [-0.2, -0.15) is 0 Å². The first-order valence-electron chi connectivity index (χ1n) is 5.35. The Balaban J connectivity index is 2.29. The van der Waals surface area contributed by atoms with Crippen molar-refractivity contribution in [2.24, 2.45) is 0 Å². The van der Waals surface area contributed by atoms with Crippen LogP contribution in [0.4, 0.5) is 10.1 Å². The lowest BCUT2D eigenvalue weighted by atomic mass is 10.3. The molecule has 0 spiro atoms. The fourth-order valence-corrected chi connectivity index (χ4v) is 2.46. The first-order valence-corrected chi connectivity index (χ1v) is 6.17. The normalized spacial score (nSPS) is 10.2. The highest BCUT2D eigenvalue weighted by atomic mass is 32.2. The van der Waals surface area contributed by atoms with Crippen LogP contribution in [0.5, 0.6) is 5.75 Å². The standard InChI is InChI=1S/C13H10FNO3S/c1-18-11-3-2-4-12(8-11)19-13-6-9(14)5-10(7-13)15(16)17/h2-8H,1H3. The zero-order valence-electron chi connectivity index (χ0n) is 10.00. The van der Waals surface area contributed by atoms with Gasteiger partial charge in [0.1, 0.15) is 11.6 Å². The van der Waals surface area contributed by atoms with Crippen LogP contribution in [-0.2, 0) is 0 Å². The lowest BCUT2D eigenvalue weighted by molar-refractivity contribution is -0.385. The van der Waals surface area contributed by atoms with Crippen LogP contribution in [0.1, 0.15) is 0 Å². The highest BCUT2D eigenvalue weighted by Gasteiger charge is 2.10. The van der Waals surface area contributed by atoms with Gasteiger partial charge in [-0.05, 0) is 24.3 Å². The summed E-state index contributed by atoms with van der Waals surface area (Å²) in [5, 5.41) is 10.7. The Morgan fingerprint density at radius 2 is 2.00 bits per heavy atom. The lowest BCUT2D eigenvalue weighted by Gasteiger charge is -2.04. The van der Waals surface area contributed by atoms with Crippen molar-refractivity contribution in [3.8, 4) is 5.75 Å². The summed E-state index contributed by atoms with van der Waals surface area (Å²) in [4.78, 5) is 11.3. The molecule has 0 aromatic heterocycles. The second-order valence-corrected chi connectivity index (χ2v) is 4.83. The smallest absolute Gasteiger partial charge is 0.273 e. The number of hydrogen-bond acceptors (Lipinski definition) is 4. The van der Waals surface area contributed by atoms with Crippen molar-refractivity contribution in [1.82, 2.24) is 0 Å². The maximum absolute atomic E-state index is 13.3. The molecule has 2 aromatic carbocycles. The van der Waals surface area contributed by atoms with Crippen molar-refractivity contribution in [2.45, 2.75) is 9.79 Å². The predicted molar refractivity (Wildman–Crippen MR) is 70.2 cm³/mol. The number of non-ortho nitro benzene ring substituents is 1. The average Bonchev–Trinajstić information content (AvgIpc) is 2.38. The van der Waals surface area contributed by atoms with Gasteiger partial charge in [0.25, 0.3) is 5.69 Å². The number of nitro benzene ring substituents is 1. The van der Waals surface area contributed by atoms with Crippen molar-refractivity contribution >= 4 is 17.4 Å². The summed E-state index contributed by atoms with van der Waals surface area (Å²) in [6.45, 7) is 0. The van der Waals surface area contributed by atoms with E-state index in [2.05, 4.69) is 0 Å². The summed E-state index contributed by atoms with van der Waals surface area (Å²) in [7, 11) is 1.55. The van der Waals surface area contributed by atoms with Crippen LogP contribution < -0.4 is 4.74 Å². The van der Waals surface area contributed by atoms with E-state index in [0.29, 0.717) is 10.6 Å². The molecule has 0 saturated heterocycles. The van der Waals surface area contributed by atoms with Gasteiger partial charge in [0, 0.05) is 15.9 Å². The number of nitrogens with zero attached hydrogens (tertiary/aromatic N) is 1. The molecule has 0 fully saturated rings. The van der Waals surface area contributed by atoms with Gasteiger partial charge < -0.3 is 4.74 Å². The maximum Gasteiger partial charge on any atom is 0.273 e. The number of hydrogen-bond donors (Lipinski definition) is 0. The molecule has 19 heavy (non-hydrogen) atoms. The minimum atomic E-state index is -0.625. The van der Waals surface area contributed by atoms with E-state index in [1.54, 1.807) is 25.3 Å². The summed E-state index contributed by atoms with van der Waals surface area (Å²) >= 11 is 1.24. The first kappa shape index (κ1) is 13.4. The molecule has 2 rings (SSSR count). The Morgan fingerprint density at radius 1 is 1.21 bits per heavy atom. The third-order valence-electron chi connectivity index (χ3n) is 2.34. The van der Waals surface area contributed by atoms with Crippen LogP contribution in [0.25, 0.3) is 0 Å². The Kier molecular flexibility index (Phi) is 4.01. The van der Waals surface area contributed by atoms with Gasteiger partial charge in [-0.15, -0.1) is 0 Å². The molecule has 0 saturated carbocycles. The minimum Gasteiger partial charge on any atom is -0.497 e. The summed E-state index contributed by atoms with van der Waals surface area (Å²) in [5.41, 5.74) is -0.259. The van der Waals surface area contributed by atoms with E-state index in [0.717, 1.165) is 11.0 Å². The molecule has 0 bridgehead atoms. The molecular formula is C13H10FNO3S. The van der Waals surface area contributed by atoms with Crippen molar-refractivity contribution < 1.29 is 14.1 Å². The second-order valence-electron chi connectivity index (χ2n) is 3.68. The van der Waals surface area contributed by atoms with Gasteiger partial charge in [-0.3, -0.25) is 10.1 Å². The molecular weight excluding hydrogens is 269 g/mol. The monoisotopic (exact) mass is 279 g/mol. The third kappa shape index (κ3) is 3.45. The predicted octanol–water partition coefficient (Wildman–Crippen LogP) is 3.89. The number of nitro groups is 1. The minimum absolute atomic E-state index is 0.259. The molecule has 0 unspecified atom stereocenters. The Hall–Kier alpha value is -2.08. The topological polar surface area (TPSA) is 52.4 Å². The van der Waals surface area contributed by atoms with Crippen molar-refractivity contribution in [2.75, 3.05) is 7.11 Å². The Bertz CT molecular complexity index is 619. The van der Waals surface area contributed by atoms with E-state index >= 15 is 0 Å². The van der Waals surface area contributed by atoms with E-state index in [4.69, 9.17) is 4.74 Å². The molecule has 98 valence electrons. The van der Waals surface area contributed by atoms with E-state index in [1.165, 1.54) is 23.9 Å². The zero-order valence-corrected chi connectivity index (χ0v) is 10.8. The Labute approximate surface area is 113 Å². The molecule has 0 amide bonds. The summed E-state index contributed by atoms with van der Waals surface area (Å²) in [5.74, 6) is 0.0514. The molecule has 0 atom stereocenters. The van der Waals surface area contributed by atoms with Crippen LogP contribution >= 0.6 is 11.8 Å². The van der Waals surface area contributed by atoms with Gasteiger partial charge in [-0.25, -0.2) is 4.39 Å². The third-order valence-corrected chi connectivity index (χ3v) is 3.30. The zero-order chi connectivity index (χ0) is 13.8. The maximum atomic E-state index is 13.3. The average molecular weight is 279 g/mol. The van der Waals surface area contributed by atoms with E-state index < -0.39 is 10.7 Å². The molecule has 0 aliphatic rings. The first-order chi connectivity index (χ1) is 9.08. The molecule has 0 N–H and O–H groups in total. The number of ether oxygens (including phenoxy) is 1. The second kappa shape index (κ2) is 5.71. The van der Waals surface area contributed by atoms with Crippen molar-refractivity contribution in [1.29, 1.82) is 0 Å². The van der Waals surface area contributed by atoms with Crippen LogP contribution in [0.3, 0.4) is 0 Å². The highest BCUT2D eigenvalue weighted by molar-refractivity contribution is 7.99. The summed E-state index contributed by atoms with van der Waals surface area (Å²) in [6, 6.07) is 10.7. The van der Waals surface area contributed by atoms with E-state index in [-0.39, 0.29) is 5.69 Å². The fourth-order valence-electron chi connectivity index (χ4n) is 1.51. The van der Waals surface area contributed by atoms with Crippen LogP contribution in [0, 0.1) is 15.9 Å². The number of methoxy groups -OCH3 is 1. The summed E-state index contributed by atoms with van der Waals surface area (Å²) in [6.07, 6.45) is 0. The molecule has 0 aliphatic heterocycles. The van der Waals surface area contributed by atoms with Gasteiger partial charge in [0.15, 0.2) is 0 Å². The quantitative estimate of drug-likeness (QED) is 0.629. The molecule has 4 nitrogen and oxygen atoms in total. The number of benzene rings is 2. The van der Waals surface area contributed by atoms with Crippen LogP contribution in [0.2, 0.25) is 0 Å². The molecule has 0 radical (unpaired) electrons. The van der Waals surface area contributed by atoms with Gasteiger partial charge in [0.2, 0.25) is 0 Å². The largest absolute Gasteiger partial charge is 0.497 e.